The van der Waals surface area contributed by atoms with Gasteiger partial charge in [0, 0.05) is 6.54 Å². The lowest BCUT2D eigenvalue weighted by atomic mass is 10.4. The highest BCUT2D eigenvalue weighted by Crippen LogP contribution is 2.02. The van der Waals surface area contributed by atoms with Gasteiger partial charge in [-0.3, -0.25) is 0 Å². The first-order chi connectivity index (χ1) is 6.79. The van der Waals surface area contributed by atoms with Gasteiger partial charge in [-0.2, -0.15) is 0 Å². The molecule has 0 aromatic carbocycles. The van der Waals surface area contributed by atoms with Crippen LogP contribution in [0.3, 0.4) is 0 Å². The summed E-state index contributed by atoms with van der Waals surface area (Å²) in [6.45, 7) is 8.07. The summed E-state index contributed by atoms with van der Waals surface area (Å²) in [6.07, 6.45) is 2.97. The van der Waals surface area contributed by atoms with Gasteiger partial charge in [0.05, 0.1) is 0 Å². The Bertz CT molecular complexity index is 93.9. The SMILES string of the molecule is CC.CN1CCCC1.FC1CCNC1. The Kier molecular flexibility index (Phi) is 9.31. The van der Waals surface area contributed by atoms with Crippen LogP contribution in [0.15, 0.2) is 0 Å². The van der Waals surface area contributed by atoms with E-state index in [0.717, 1.165) is 6.54 Å². The van der Waals surface area contributed by atoms with E-state index in [1.54, 1.807) is 0 Å². The third-order valence-corrected chi connectivity index (χ3v) is 2.33. The molecule has 0 saturated carbocycles. The van der Waals surface area contributed by atoms with Crippen molar-refractivity contribution in [3.63, 3.8) is 0 Å². The highest BCUT2D eigenvalue weighted by atomic mass is 19.1. The molecule has 0 radical (unpaired) electrons. The van der Waals surface area contributed by atoms with E-state index in [1.807, 2.05) is 13.8 Å². The summed E-state index contributed by atoms with van der Waals surface area (Å²) in [7, 11) is 2.17. The first kappa shape index (κ1) is 13.8. The van der Waals surface area contributed by atoms with Gasteiger partial charge in [-0.05, 0) is 45.9 Å². The van der Waals surface area contributed by atoms with Gasteiger partial charge in [0.1, 0.15) is 6.17 Å². The quantitative estimate of drug-likeness (QED) is 0.650. The smallest absolute Gasteiger partial charge is 0.114 e. The summed E-state index contributed by atoms with van der Waals surface area (Å²) in [6, 6.07) is 0. The molecule has 86 valence electrons. The summed E-state index contributed by atoms with van der Waals surface area (Å²) in [5.41, 5.74) is 0. The molecule has 0 aliphatic carbocycles. The molecular weight excluding hydrogens is 179 g/mol. The van der Waals surface area contributed by atoms with Gasteiger partial charge in [0.15, 0.2) is 0 Å². The summed E-state index contributed by atoms with van der Waals surface area (Å²) >= 11 is 0. The summed E-state index contributed by atoms with van der Waals surface area (Å²) in [5, 5.41) is 2.90. The van der Waals surface area contributed by atoms with Crippen LogP contribution >= 0.6 is 0 Å². The summed E-state index contributed by atoms with van der Waals surface area (Å²) in [4.78, 5) is 2.36. The Morgan fingerprint density at radius 1 is 1.21 bits per heavy atom. The largest absolute Gasteiger partial charge is 0.314 e. The first-order valence-corrected chi connectivity index (χ1v) is 5.82. The van der Waals surface area contributed by atoms with Crippen molar-refractivity contribution in [1.29, 1.82) is 0 Å². The van der Waals surface area contributed by atoms with Crippen LogP contribution in [0.4, 0.5) is 4.39 Å². The van der Waals surface area contributed by atoms with Crippen LogP contribution in [-0.2, 0) is 0 Å². The van der Waals surface area contributed by atoms with Crippen LogP contribution < -0.4 is 5.32 Å². The molecule has 2 fully saturated rings. The number of nitrogens with one attached hydrogen (secondary N) is 1. The molecule has 1 unspecified atom stereocenters. The molecule has 0 aromatic rings. The maximum atomic E-state index is 11.9. The molecule has 1 N–H and O–H groups in total. The highest BCUT2D eigenvalue weighted by Gasteiger charge is 2.10. The molecule has 0 spiro atoms. The molecule has 3 heteroatoms. The van der Waals surface area contributed by atoms with Crippen LogP contribution in [0.1, 0.15) is 33.1 Å². The molecule has 0 amide bonds. The number of rotatable bonds is 0. The minimum absolute atomic E-state index is 0.565. The third kappa shape index (κ3) is 7.27. The fourth-order valence-electron chi connectivity index (χ4n) is 1.49. The van der Waals surface area contributed by atoms with Gasteiger partial charge in [-0.25, -0.2) is 4.39 Å². The predicted molar refractivity (Wildman–Crippen MR) is 60.5 cm³/mol. The Morgan fingerprint density at radius 2 is 1.79 bits per heavy atom. The van der Waals surface area contributed by atoms with Crippen LogP contribution in [0, 0.1) is 0 Å². The molecule has 0 aromatic heterocycles. The molecule has 2 saturated heterocycles. The molecular formula is C11H25FN2. The van der Waals surface area contributed by atoms with E-state index in [2.05, 4.69) is 17.3 Å². The van der Waals surface area contributed by atoms with Crippen molar-refractivity contribution >= 4 is 0 Å². The number of hydrogen-bond donors (Lipinski definition) is 1. The molecule has 2 rings (SSSR count). The Hall–Kier alpha value is -0.150. The number of halogens is 1. The zero-order chi connectivity index (χ0) is 10.8. The zero-order valence-electron chi connectivity index (χ0n) is 9.85. The van der Waals surface area contributed by atoms with E-state index < -0.39 is 6.17 Å². The molecule has 2 heterocycles. The maximum absolute atomic E-state index is 11.9. The fraction of sp³-hybridized carbons (Fsp3) is 1.00. The van der Waals surface area contributed by atoms with E-state index in [1.165, 1.54) is 25.9 Å². The van der Waals surface area contributed by atoms with E-state index in [0.29, 0.717) is 13.0 Å². The van der Waals surface area contributed by atoms with Gasteiger partial charge >= 0.3 is 0 Å². The molecule has 1 atom stereocenters. The van der Waals surface area contributed by atoms with Crippen molar-refractivity contribution in [3.8, 4) is 0 Å². The van der Waals surface area contributed by atoms with Gasteiger partial charge in [-0.1, -0.05) is 13.8 Å². The zero-order valence-corrected chi connectivity index (χ0v) is 9.85. The van der Waals surface area contributed by atoms with Crippen LogP contribution in [0.25, 0.3) is 0 Å². The molecule has 2 aliphatic rings. The van der Waals surface area contributed by atoms with E-state index >= 15 is 0 Å². The fourth-order valence-corrected chi connectivity index (χ4v) is 1.49. The number of hydrogen-bond acceptors (Lipinski definition) is 2. The highest BCUT2D eigenvalue weighted by molar-refractivity contribution is 4.68. The third-order valence-electron chi connectivity index (χ3n) is 2.33. The minimum Gasteiger partial charge on any atom is -0.314 e. The van der Waals surface area contributed by atoms with E-state index in [4.69, 9.17) is 0 Å². The standard InChI is InChI=1S/C5H11N.C4H8FN.C2H6/c1-6-4-2-3-5-6;5-4-1-2-6-3-4;1-2/h2-5H2,1H3;4,6H,1-3H2;1-2H3. The topological polar surface area (TPSA) is 15.3 Å². The monoisotopic (exact) mass is 204 g/mol. The second-order valence-corrected chi connectivity index (χ2v) is 3.60. The molecule has 0 bridgehead atoms. The Morgan fingerprint density at radius 3 is 1.93 bits per heavy atom. The lowest BCUT2D eigenvalue weighted by Gasteiger charge is -2.01. The average molecular weight is 204 g/mol. The van der Waals surface area contributed by atoms with E-state index in [-0.39, 0.29) is 0 Å². The number of alkyl halides is 1. The predicted octanol–water partition coefficient (Wildman–Crippen LogP) is 2.06. The minimum atomic E-state index is -0.565. The number of likely N-dealkylation sites (tertiary alicyclic amines) is 1. The van der Waals surface area contributed by atoms with Crippen molar-refractivity contribution in [2.75, 3.05) is 33.2 Å². The van der Waals surface area contributed by atoms with Crippen LogP contribution in [0.5, 0.6) is 0 Å². The lowest BCUT2D eigenvalue weighted by Crippen LogP contribution is -2.10. The molecule has 2 aliphatic heterocycles. The van der Waals surface area contributed by atoms with Gasteiger partial charge in [-0.15, -0.1) is 0 Å². The number of nitrogens with zero attached hydrogens (tertiary/aromatic N) is 1. The van der Waals surface area contributed by atoms with Crippen molar-refractivity contribution in [2.24, 2.45) is 0 Å². The Balaban J connectivity index is 0.000000206. The van der Waals surface area contributed by atoms with Gasteiger partial charge in [0.25, 0.3) is 0 Å². The van der Waals surface area contributed by atoms with Crippen molar-refractivity contribution in [3.05, 3.63) is 0 Å². The van der Waals surface area contributed by atoms with Crippen LogP contribution in [0.2, 0.25) is 0 Å². The first-order valence-electron chi connectivity index (χ1n) is 5.82. The van der Waals surface area contributed by atoms with Crippen molar-refractivity contribution < 1.29 is 4.39 Å². The van der Waals surface area contributed by atoms with Crippen molar-refractivity contribution in [2.45, 2.75) is 39.3 Å². The second-order valence-electron chi connectivity index (χ2n) is 3.60. The maximum Gasteiger partial charge on any atom is 0.114 e. The Labute approximate surface area is 87.9 Å². The average Bonchev–Trinajstić information content (AvgIpc) is 2.83. The lowest BCUT2D eigenvalue weighted by molar-refractivity contribution is 0.361. The van der Waals surface area contributed by atoms with Crippen molar-refractivity contribution in [1.82, 2.24) is 10.2 Å². The van der Waals surface area contributed by atoms with Gasteiger partial charge in [0.2, 0.25) is 0 Å². The van der Waals surface area contributed by atoms with Crippen LogP contribution in [-0.4, -0.2) is 44.3 Å². The van der Waals surface area contributed by atoms with Gasteiger partial charge < -0.3 is 10.2 Å². The normalized spacial score (nSPS) is 26.1. The van der Waals surface area contributed by atoms with E-state index in [9.17, 15) is 4.39 Å². The molecule has 14 heavy (non-hydrogen) atoms. The summed E-state index contributed by atoms with van der Waals surface area (Å²) in [5.74, 6) is 0. The molecule has 2 nitrogen and oxygen atoms in total. The second kappa shape index (κ2) is 9.41. The summed E-state index contributed by atoms with van der Waals surface area (Å²) < 4.78 is 11.9.